The predicted octanol–water partition coefficient (Wildman–Crippen LogP) is 10.9. The number of nitrogens with one attached hydrogen (secondary N) is 1. The van der Waals surface area contributed by atoms with Crippen molar-refractivity contribution < 1.29 is 38.1 Å². The Morgan fingerprint density at radius 2 is 0.769 bits per heavy atom. The summed E-state index contributed by atoms with van der Waals surface area (Å²) in [5.41, 5.74) is 0. The van der Waals surface area contributed by atoms with E-state index in [1.54, 1.807) is 0 Å². The number of ether oxygens (including phenoxy) is 4. The highest BCUT2D eigenvalue weighted by atomic mass is 16.6. The number of carbonyl (C=O) groups is 4. The molecule has 0 rings (SSSR count). The third-order valence-corrected chi connectivity index (χ3v) is 9.64. The van der Waals surface area contributed by atoms with Crippen LogP contribution < -0.4 is 5.32 Å². The second kappa shape index (κ2) is 37.2. The molecule has 0 radical (unpaired) electrons. The number of rotatable bonds is 38. The number of unbranched alkanes of at least 4 members (excludes halogenated alkanes) is 15. The molecule has 306 valence electrons. The Morgan fingerprint density at radius 1 is 0.423 bits per heavy atom. The van der Waals surface area contributed by atoms with E-state index in [0.29, 0.717) is 25.7 Å². The molecule has 0 saturated heterocycles. The van der Waals surface area contributed by atoms with Crippen molar-refractivity contribution >= 4 is 23.9 Å². The molecule has 52 heavy (non-hydrogen) atoms. The number of esters is 4. The van der Waals surface area contributed by atoms with Crippen LogP contribution in [0, 0.1) is 0 Å². The molecule has 0 saturated carbocycles. The van der Waals surface area contributed by atoms with Gasteiger partial charge in [0.1, 0.15) is 25.4 Å². The standard InChI is InChI=1S/C43H81NO8/c1-6-11-22-28-38(9-4)51-42(47)32-26-20-16-14-18-24-30-40(45)49-35-37(44-34-13-8-3)36-50-41(46)31-25-19-15-17-21-27-33-43(48)52-39(10-5)29-23-12-7-2/h37-39,44H,6-36H2,1-5H3. The molecule has 0 aliphatic heterocycles. The first kappa shape index (κ1) is 49.8. The summed E-state index contributed by atoms with van der Waals surface area (Å²) in [5.74, 6) is -0.580. The predicted molar refractivity (Wildman–Crippen MR) is 211 cm³/mol. The van der Waals surface area contributed by atoms with E-state index < -0.39 is 0 Å². The maximum absolute atomic E-state index is 12.4. The van der Waals surface area contributed by atoms with Gasteiger partial charge in [0.15, 0.2) is 0 Å². The largest absolute Gasteiger partial charge is 0.464 e. The fourth-order valence-corrected chi connectivity index (χ4v) is 6.10. The zero-order valence-electron chi connectivity index (χ0n) is 34.4. The van der Waals surface area contributed by atoms with Crippen molar-refractivity contribution in [2.24, 2.45) is 0 Å². The first-order chi connectivity index (χ1) is 25.3. The summed E-state index contributed by atoms with van der Waals surface area (Å²) in [7, 11) is 0. The van der Waals surface area contributed by atoms with Crippen molar-refractivity contribution in [2.75, 3.05) is 19.8 Å². The first-order valence-electron chi connectivity index (χ1n) is 21.7. The quantitative estimate of drug-likeness (QED) is 0.0375. The van der Waals surface area contributed by atoms with E-state index in [-0.39, 0.29) is 55.3 Å². The molecule has 9 heteroatoms. The zero-order valence-corrected chi connectivity index (χ0v) is 34.4. The first-order valence-corrected chi connectivity index (χ1v) is 21.7. The van der Waals surface area contributed by atoms with E-state index in [4.69, 9.17) is 18.9 Å². The summed E-state index contributed by atoms with van der Waals surface area (Å²) >= 11 is 0. The summed E-state index contributed by atoms with van der Waals surface area (Å²) in [5, 5.41) is 3.37. The van der Waals surface area contributed by atoms with Crippen molar-refractivity contribution in [1.82, 2.24) is 5.32 Å². The van der Waals surface area contributed by atoms with Gasteiger partial charge in [0.25, 0.3) is 0 Å². The molecule has 0 aromatic heterocycles. The molecular weight excluding hydrogens is 658 g/mol. The lowest BCUT2D eigenvalue weighted by atomic mass is 10.1. The van der Waals surface area contributed by atoms with Crippen molar-refractivity contribution in [3.8, 4) is 0 Å². The zero-order chi connectivity index (χ0) is 38.5. The molecule has 0 aliphatic carbocycles. The average molecular weight is 740 g/mol. The van der Waals surface area contributed by atoms with Crippen LogP contribution in [0.1, 0.15) is 214 Å². The van der Waals surface area contributed by atoms with Gasteiger partial charge in [0.2, 0.25) is 0 Å². The Kier molecular flexibility index (Phi) is 35.6. The summed E-state index contributed by atoms with van der Waals surface area (Å²) in [6.45, 7) is 11.8. The van der Waals surface area contributed by atoms with E-state index in [0.717, 1.165) is 135 Å². The van der Waals surface area contributed by atoms with Crippen LogP contribution in [0.5, 0.6) is 0 Å². The highest BCUT2D eigenvalue weighted by Gasteiger charge is 2.16. The fourth-order valence-electron chi connectivity index (χ4n) is 6.10. The molecule has 9 nitrogen and oxygen atoms in total. The van der Waals surface area contributed by atoms with Crippen LogP contribution in [0.3, 0.4) is 0 Å². The highest BCUT2D eigenvalue weighted by Crippen LogP contribution is 2.15. The molecule has 0 aliphatic rings. The van der Waals surface area contributed by atoms with Crippen molar-refractivity contribution in [2.45, 2.75) is 233 Å². The van der Waals surface area contributed by atoms with E-state index in [2.05, 4.69) is 39.9 Å². The average Bonchev–Trinajstić information content (AvgIpc) is 3.13. The SMILES string of the molecule is CCCCCC(CC)OC(=O)CCCCCCCCC(=O)OCC(COC(=O)CCCCCCCCC(=O)OC(CC)CCCCC)NCCCC. The third kappa shape index (κ3) is 32.5. The van der Waals surface area contributed by atoms with Crippen LogP contribution in [0.4, 0.5) is 0 Å². The molecule has 0 amide bonds. The van der Waals surface area contributed by atoms with Gasteiger partial charge in [-0.1, -0.05) is 118 Å². The van der Waals surface area contributed by atoms with Crippen molar-refractivity contribution in [3.05, 3.63) is 0 Å². The molecule has 0 spiro atoms. The third-order valence-electron chi connectivity index (χ3n) is 9.64. The second-order valence-electron chi connectivity index (χ2n) is 14.6. The van der Waals surface area contributed by atoms with E-state index in [1.807, 2.05) is 0 Å². The van der Waals surface area contributed by atoms with Gasteiger partial charge in [-0.25, -0.2) is 0 Å². The smallest absolute Gasteiger partial charge is 0.306 e. The lowest BCUT2D eigenvalue weighted by molar-refractivity contribution is -0.150. The minimum absolute atomic E-state index is 0.0587. The maximum atomic E-state index is 12.4. The number of hydrogen-bond acceptors (Lipinski definition) is 9. The van der Waals surface area contributed by atoms with Gasteiger partial charge in [-0.3, -0.25) is 19.2 Å². The minimum atomic E-state index is -0.217. The lowest BCUT2D eigenvalue weighted by Gasteiger charge is -2.19. The van der Waals surface area contributed by atoms with Crippen LogP contribution in [-0.2, 0) is 38.1 Å². The fraction of sp³-hybridized carbons (Fsp3) is 0.907. The van der Waals surface area contributed by atoms with E-state index in [1.165, 1.54) is 25.7 Å². The Bertz CT molecular complexity index is 802. The van der Waals surface area contributed by atoms with Crippen molar-refractivity contribution in [1.29, 1.82) is 0 Å². The lowest BCUT2D eigenvalue weighted by Crippen LogP contribution is -2.39. The molecule has 0 aromatic rings. The van der Waals surface area contributed by atoms with E-state index >= 15 is 0 Å². The van der Waals surface area contributed by atoms with Gasteiger partial charge in [0.05, 0.1) is 6.04 Å². The summed E-state index contributed by atoms with van der Waals surface area (Å²) in [6, 6.07) is -0.217. The Hall–Kier alpha value is -2.16. The molecule has 2 atom stereocenters. The molecule has 2 unspecified atom stereocenters. The molecular formula is C43H81NO8. The normalized spacial score (nSPS) is 12.9. The van der Waals surface area contributed by atoms with Crippen LogP contribution >= 0.6 is 0 Å². The van der Waals surface area contributed by atoms with Crippen LogP contribution in [-0.4, -0.2) is 61.9 Å². The van der Waals surface area contributed by atoms with Gasteiger partial charge < -0.3 is 24.3 Å². The molecule has 0 aromatic carbocycles. The van der Waals surface area contributed by atoms with Gasteiger partial charge in [-0.05, 0) is 77.2 Å². The summed E-state index contributed by atoms with van der Waals surface area (Å²) in [4.78, 5) is 49.1. The number of carbonyl (C=O) groups excluding carboxylic acids is 4. The molecule has 0 fully saturated rings. The van der Waals surface area contributed by atoms with Gasteiger partial charge in [-0.15, -0.1) is 0 Å². The van der Waals surface area contributed by atoms with Gasteiger partial charge >= 0.3 is 23.9 Å². The maximum Gasteiger partial charge on any atom is 0.306 e. The van der Waals surface area contributed by atoms with Crippen LogP contribution in [0.25, 0.3) is 0 Å². The summed E-state index contributed by atoms with van der Waals surface area (Å²) in [6.07, 6.45) is 25.9. The Balaban J connectivity index is 4.02. The van der Waals surface area contributed by atoms with Crippen LogP contribution in [0.2, 0.25) is 0 Å². The van der Waals surface area contributed by atoms with Crippen LogP contribution in [0.15, 0.2) is 0 Å². The highest BCUT2D eigenvalue weighted by molar-refractivity contribution is 5.70. The molecule has 0 heterocycles. The topological polar surface area (TPSA) is 117 Å². The second-order valence-corrected chi connectivity index (χ2v) is 14.6. The Morgan fingerprint density at radius 3 is 1.12 bits per heavy atom. The summed E-state index contributed by atoms with van der Waals surface area (Å²) < 4.78 is 22.4. The van der Waals surface area contributed by atoms with Gasteiger partial charge in [-0.2, -0.15) is 0 Å². The van der Waals surface area contributed by atoms with Gasteiger partial charge in [0, 0.05) is 25.7 Å². The Labute approximate surface area is 319 Å². The molecule has 1 N–H and O–H groups in total. The van der Waals surface area contributed by atoms with Crippen molar-refractivity contribution in [3.63, 3.8) is 0 Å². The minimum Gasteiger partial charge on any atom is -0.464 e. The monoisotopic (exact) mass is 740 g/mol. The number of hydrogen-bond donors (Lipinski definition) is 1. The molecule has 0 bridgehead atoms. The van der Waals surface area contributed by atoms with E-state index in [9.17, 15) is 19.2 Å².